The van der Waals surface area contributed by atoms with Crippen LogP contribution in [0.5, 0.6) is 0 Å². The van der Waals surface area contributed by atoms with E-state index in [2.05, 4.69) is 20.3 Å². The van der Waals surface area contributed by atoms with E-state index >= 15 is 0 Å². The third-order valence-electron chi connectivity index (χ3n) is 2.54. The van der Waals surface area contributed by atoms with E-state index in [-0.39, 0.29) is 0 Å². The normalized spacial score (nSPS) is 29.5. The van der Waals surface area contributed by atoms with Gasteiger partial charge in [0.2, 0.25) is 0 Å². The Morgan fingerprint density at radius 3 is 3.00 bits per heavy atom. The molecule has 1 saturated carbocycles. The number of rotatable bonds is 5. The SMILES string of the molecule is [CH2]CC1C[CH]C(OCCCC)C1. The van der Waals surface area contributed by atoms with E-state index in [1.54, 1.807) is 0 Å². The van der Waals surface area contributed by atoms with E-state index in [0.717, 1.165) is 18.9 Å². The summed E-state index contributed by atoms with van der Waals surface area (Å²) in [5.74, 6) is 0.789. The van der Waals surface area contributed by atoms with Crippen LogP contribution in [0.2, 0.25) is 0 Å². The fraction of sp³-hybridized carbons (Fsp3) is 0.818. The second-order valence-corrected chi connectivity index (χ2v) is 3.62. The van der Waals surface area contributed by atoms with E-state index in [0.29, 0.717) is 6.10 Å². The maximum atomic E-state index is 5.69. The van der Waals surface area contributed by atoms with Gasteiger partial charge in [0.05, 0.1) is 6.10 Å². The molecular weight excluding hydrogens is 148 g/mol. The second kappa shape index (κ2) is 5.58. The zero-order chi connectivity index (χ0) is 8.81. The van der Waals surface area contributed by atoms with Crippen molar-refractivity contribution < 1.29 is 4.74 Å². The third-order valence-corrected chi connectivity index (χ3v) is 2.54. The van der Waals surface area contributed by atoms with Crippen molar-refractivity contribution in [3.05, 3.63) is 13.3 Å². The molecule has 1 heteroatoms. The van der Waals surface area contributed by atoms with Crippen molar-refractivity contribution in [2.24, 2.45) is 5.92 Å². The first kappa shape index (κ1) is 10.0. The molecule has 0 N–H and O–H groups in total. The summed E-state index contributed by atoms with van der Waals surface area (Å²) in [6, 6.07) is 0. The summed E-state index contributed by atoms with van der Waals surface area (Å²) in [4.78, 5) is 0. The predicted octanol–water partition coefficient (Wildman–Crippen LogP) is 3.01. The molecule has 0 amide bonds. The molecule has 0 aromatic heterocycles. The van der Waals surface area contributed by atoms with Gasteiger partial charge in [-0.25, -0.2) is 0 Å². The van der Waals surface area contributed by atoms with E-state index in [1.165, 1.54) is 25.7 Å². The molecule has 0 aromatic carbocycles. The molecular formula is C11H20O. The zero-order valence-corrected chi connectivity index (χ0v) is 8.09. The minimum absolute atomic E-state index is 0.434. The molecule has 1 nitrogen and oxygen atoms in total. The lowest BCUT2D eigenvalue weighted by Gasteiger charge is -2.10. The van der Waals surface area contributed by atoms with Crippen molar-refractivity contribution in [3.8, 4) is 0 Å². The molecule has 0 aromatic rings. The zero-order valence-electron chi connectivity index (χ0n) is 8.09. The molecule has 1 aliphatic carbocycles. The summed E-state index contributed by atoms with van der Waals surface area (Å²) in [7, 11) is 0. The Morgan fingerprint density at radius 2 is 2.42 bits per heavy atom. The highest BCUT2D eigenvalue weighted by Crippen LogP contribution is 2.28. The van der Waals surface area contributed by atoms with Crippen molar-refractivity contribution in [3.63, 3.8) is 0 Å². The summed E-state index contributed by atoms with van der Waals surface area (Å²) in [5, 5.41) is 0. The van der Waals surface area contributed by atoms with E-state index in [1.807, 2.05) is 0 Å². The molecule has 1 rings (SSSR count). The molecule has 0 heterocycles. The van der Waals surface area contributed by atoms with Crippen LogP contribution in [-0.4, -0.2) is 12.7 Å². The standard InChI is InChI=1S/C11H20O/c1-3-5-8-12-11-7-6-10(4-2)9-11/h7,10-11H,2-6,8-9H2,1H3. The van der Waals surface area contributed by atoms with Crippen molar-refractivity contribution in [1.82, 2.24) is 0 Å². The number of hydrogen-bond acceptors (Lipinski definition) is 1. The van der Waals surface area contributed by atoms with Gasteiger partial charge in [-0.15, -0.1) is 0 Å². The van der Waals surface area contributed by atoms with Crippen LogP contribution in [0.1, 0.15) is 39.0 Å². The molecule has 70 valence electrons. The summed E-state index contributed by atoms with van der Waals surface area (Å²) in [6.45, 7) is 7.05. The minimum Gasteiger partial charge on any atom is -0.378 e. The first-order valence-corrected chi connectivity index (χ1v) is 5.11. The topological polar surface area (TPSA) is 9.23 Å². The fourth-order valence-corrected chi connectivity index (χ4v) is 1.62. The highest BCUT2D eigenvalue weighted by atomic mass is 16.5. The summed E-state index contributed by atoms with van der Waals surface area (Å²) in [5.41, 5.74) is 0. The van der Waals surface area contributed by atoms with E-state index < -0.39 is 0 Å². The van der Waals surface area contributed by atoms with Gasteiger partial charge in [-0.05, 0) is 31.6 Å². The van der Waals surface area contributed by atoms with Crippen LogP contribution in [-0.2, 0) is 4.74 Å². The lowest BCUT2D eigenvalue weighted by atomic mass is 10.1. The van der Waals surface area contributed by atoms with Gasteiger partial charge in [0.1, 0.15) is 0 Å². The van der Waals surface area contributed by atoms with Crippen LogP contribution < -0.4 is 0 Å². The van der Waals surface area contributed by atoms with Crippen molar-refractivity contribution in [2.45, 2.75) is 45.1 Å². The number of hydrogen-bond donors (Lipinski definition) is 0. The highest BCUT2D eigenvalue weighted by Gasteiger charge is 2.23. The average Bonchev–Trinajstić information content (AvgIpc) is 2.53. The van der Waals surface area contributed by atoms with Gasteiger partial charge in [-0.1, -0.05) is 26.7 Å². The lowest BCUT2D eigenvalue weighted by molar-refractivity contribution is 0.0732. The van der Waals surface area contributed by atoms with E-state index in [4.69, 9.17) is 4.74 Å². The Hall–Kier alpha value is -0.0400. The first-order valence-electron chi connectivity index (χ1n) is 5.11. The Labute approximate surface area is 76.5 Å². The molecule has 0 spiro atoms. The van der Waals surface area contributed by atoms with Gasteiger partial charge < -0.3 is 4.74 Å². The fourth-order valence-electron chi connectivity index (χ4n) is 1.62. The van der Waals surface area contributed by atoms with E-state index in [9.17, 15) is 0 Å². The quantitative estimate of drug-likeness (QED) is 0.573. The molecule has 0 saturated heterocycles. The molecule has 2 radical (unpaired) electrons. The second-order valence-electron chi connectivity index (χ2n) is 3.62. The van der Waals surface area contributed by atoms with Crippen LogP contribution in [0.3, 0.4) is 0 Å². The molecule has 2 atom stereocenters. The van der Waals surface area contributed by atoms with Crippen LogP contribution in [0, 0.1) is 19.3 Å². The molecule has 2 unspecified atom stereocenters. The first-order chi connectivity index (χ1) is 5.86. The number of ether oxygens (including phenoxy) is 1. The highest BCUT2D eigenvalue weighted by molar-refractivity contribution is 4.90. The van der Waals surface area contributed by atoms with Gasteiger partial charge in [-0.3, -0.25) is 0 Å². The largest absolute Gasteiger partial charge is 0.378 e. The molecule has 12 heavy (non-hydrogen) atoms. The average molecular weight is 168 g/mol. The maximum absolute atomic E-state index is 5.69. The molecule has 0 bridgehead atoms. The molecule has 1 fully saturated rings. The van der Waals surface area contributed by atoms with Gasteiger partial charge >= 0.3 is 0 Å². The smallest absolute Gasteiger partial charge is 0.0609 e. The van der Waals surface area contributed by atoms with Crippen LogP contribution in [0.4, 0.5) is 0 Å². The van der Waals surface area contributed by atoms with Gasteiger partial charge in [-0.2, -0.15) is 0 Å². The lowest BCUT2D eigenvalue weighted by Crippen LogP contribution is -2.09. The Morgan fingerprint density at radius 1 is 1.58 bits per heavy atom. The van der Waals surface area contributed by atoms with Crippen LogP contribution >= 0.6 is 0 Å². The third kappa shape index (κ3) is 3.14. The summed E-state index contributed by atoms with van der Waals surface area (Å²) < 4.78 is 5.69. The Balaban J connectivity index is 2.03. The van der Waals surface area contributed by atoms with Gasteiger partial charge in [0.25, 0.3) is 0 Å². The van der Waals surface area contributed by atoms with Gasteiger partial charge in [0, 0.05) is 6.61 Å². The van der Waals surface area contributed by atoms with Crippen LogP contribution in [0.25, 0.3) is 0 Å². The van der Waals surface area contributed by atoms with Gasteiger partial charge in [0.15, 0.2) is 0 Å². The molecule has 1 aliphatic rings. The minimum atomic E-state index is 0.434. The van der Waals surface area contributed by atoms with Crippen molar-refractivity contribution >= 4 is 0 Å². The van der Waals surface area contributed by atoms with Crippen molar-refractivity contribution in [1.29, 1.82) is 0 Å². The number of unbranched alkanes of at least 4 members (excludes halogenated alkanes) is 1. The Bertz CT molecular complexity index is 112. The molecule has 0 aliphatic heterocycles. The predicted molar refractivity (Wildman–Crippen MR) is 51.6 cm³/mol. The monoisotopic (exact) mass is 168 g/mol. The summed E-state index contributed by atoms with van der Waals surface area (Å²) >= 11 is 0. The van der Waals surface area contributed by atoms with Crippen molar-refractivity contribution in [2.75, 3.05) is 6.61 Å². The Kier molecular flexibility index (Phi) is 4.67. The maximum Gasteiger partial charge on any atom is 0.0609 e. The van der Waals surface area contributed by atoms with Crippen LogP contribution in [0.15, 0.2) is 0 Å². The summed E-state index contributed by atoms with van der Waals surface area (Å²) in [6.07, 6.45) is 8.64.